The van der Waals surface area contributed by atoms with Crippen molar-refractivity contribution in [3.63, 3.8) is 0 Å². The van der Waals surface area contributed by atoms with Gasteiger partial charge in [-0.05, 0) is 121 Å². The monoisotopic (exact) mass is 925 g/mol. The molecule has 330 valence electrons. The lowest BCUT2D eigenvalue weighted by Gasteiger charge is -2.24. The van der Waals surface area contributed by atoms with Crippen molar-refractivity contribution in [2.45, 2.75) is 0 Å². The zero-order valence-corrected chi connectivity index (χ0v) is 38.9. The van der Waals surface area contributed by atoms with Gasteiger partial charge in [-0.1, -0.05) is 150 Å². The molecule has 12 aromatic rings. The van der Waals surface area contributed by atoms with Gasteiger partial charge in [-0.15, -0.1) is 0 Å². The Kier molecular flexibility index (Phi) is 11.2. The van der Waals surface area contributed by atoms with E-state index in [-0.39, 0.29) is 0 Å². The summed E-state index contributed by atoms with van der Waals surface area (Å²) in [5, 5.41) is 5.97. The number of benzene rings is 9. The summed E-state index contributed by atoms with van der Waals surface area (Å²) in [6.45, 7) is 0. The van der Waals surface area contributed by atoms with Crippen molar-refractivity contribution in [2.24, 2.45) is 0 Å². The molecule has 0 amide bonds. The molecule has 0 N–H and O–H groups in total. The molecule has 0 spiro atoms. The summed E-state index contributed by atoms with van der Waals surface area (Å²) in [4.78, 5) is 19.4. The SMILES string of the molecule is c1ccc(N(c2ccccc2)c2cnc(N(c3ccccc3)c3ccc4c(c3)c3cc(N(c5ccccc5)c5ncc(N(c6ccccc6)c6ccccc6)s5)ccc3n4-c3ccccc3)s2)cc1. The summed E-state index contributed by atoms with van der Waals surface area (Å²) < 4.78 is 2.37. The number of hydrogen-bond acceptors (Lipinski definition) is 8. The molecule has 0 aliphatic carbocycles. The summed E-state index contributed by atoms with van der Waals surface area (Å²) in [5.74, 6) is 0. The Morgan fingerprint density at radius 1 is 0.290 bits per heavy atom. The molecule has 0 aliphatic heterocycles. The second kappa shape index (κ2) is 18.5. The Hall–Kier alpha value is -8.76. The van der Waals surface area contributed by atoms with Gasteiger partial charge in [-0.25, -0.2) is 9.97 Å². The fourth-order valence-corrected chi connectivity index (χ4v) is 11.1. The lowest BCUT2D eigenvalue weighted by Crippen LogP contribution is -2.09. The van der Waals surface area contributed by atoms with E-state index in [1.165, 1.54) is 0 Å². The average Bonchev–Trinajstić information content (AvgIpc) is 4.17. The predicted molar refractivity (Wildman–Crippen MR) is 291 cm³/mol. The summed E-state index contributed by atoms with van der Waals surface area (Å²) >= 11 is 3.32. The Morgan fingerprint density at radius 3 is 0.899 bits per heavy atom. The molecule has 9 heteroatoms. The molecule has 0 saturated heterocycles. The van der Waals surface area contributed by atoms with Gasteiger partial charge in [0.1, 0.15) is 10.0 Å². The van der Waals surface area contributed by atoms with Crippen LogP contribution in [0.15, 0.2) is 261 Å². The number of hydrogen-bond donors (Lipinski definition) is 0. The molecule has 0 radical (unpaired) electrons. The lowest BCUT2D eigenvalue weighted by atomic mass is 10.1. The summed E-state index contributed by atoms with van der Waals surface area (Å²) in [5.41, 5.74) is 11.6. The second-order valence-corrected chi connectivity index (χ2v) is 18.4. The van der Waals surface area contributed by atoms with Gasteiger partial charge in [0.05, 0.1) is 23.4 Å². The van der Waals surface area contributed by atoms with Gasteiger partial charge >= 0.3 is 0 Å². The van der Waals surface area contributed by atoms with Gasteiger partial charge in [-0.3, -0.25) is 9.80 Å². The molecule has 0 unspecified atom stereocenters. The standard InChI is InChI=1S/C60H43N7S2/c1-8-22-44(23-9-1)63(45-24-10-2-11-25-45)57-42-61-59(68-57)65(48-30-16-5-17-31-48)51-36-38-55-53(40-51)54-41-52(37-39-56(54)67(55)50-34-20-7-21-35-50)66(49-32-18-6-19-33-49)60-62-43-58(69-60)64(46-26-12-3-13-27-46)47-28-14-4-15-29-47/h1-43H. The minimum absolute atomic E-state index is 0.856. The second-order valence-electron chi connectivity index (χ2n) is 16.4. The quantitative estimate of drug-likeness (QED) is 0.115. The molecule has 3 heterocycles. The van der Waals surface area contributed by atoms with Gasteiger partial charge in [0, 0.05) is 62.0 Å². The third-order valence-electron chi connectivity index (χ3n) is 12.1. The van der Waals surface area contributed by atoms with Crippen LogP contribution in [0.1, 0.15) is 0 Å². The molecule has 0 bridgehead atoms. The molecule has 12 rings (SSSR count). The van der Waals surface area contributed by atoms with Crippen molar-refractivity contribution in [3.05, 3.63) is 261 Å². The number of nitrogens with zero attached hydrogens (tertiary/aromatic N) is 7. The first-order valence-corrected chi connectivity index (χ1v) is 24.4. The van der Waals surface area contributed by atoms with Crippen molar-refractivity contribution >= 4 is 110 Å². The average molecular weight is 926 g/mol. The van der Waals surface area contributed by atoms with E-state index in [2.05, 4.69) is 273 Å². The molecular weight excluding hydrogens is 883 g/mol. The van der Waals surface area contributed by atoms with Crippen molar-refractivity contribution in [2.75, 3.05) is 19.6 Å². The van der Waals surface area contributed by atoms with E-state index in [1.807, 2.05) is 12.4 Å². The third kappa shape index (κ3) is 8.05. The zero-order valence-electron chi connectivity index (χ0n) is 37.3. The van der Waals surface area contributed by atoms with Gasteiger partial charge < -0.3 is 14.4 Å². The van der Waals surface area contributed by atoms with Crippen LogP contribution in [0.4, 0.5) is 65.8 Å². The van der Waals surface area contributed by atoms with Crippen LogP contribution in [0.5, 0.6) is 0 Å². The maximum Gasteiger partial charge on any atom is 0.196 e. The Labute approximate surface area is 408 Å². The van der Waals surface area contributed by atoms with Crippen LogP contribution < -0.4 is 19.6 Å². The highest BCUT2D eigenvalue weighted by Crippen LogP contribution is 2.48. The van der Waals surface area contributed by atoms with Crippen molar-refractivity contribution in [1.82, 2.24) is 14.5 Å². The summed E-state index contributed by atoms with van der Waals surface area (Å²) in [6, 6.07) is 87.3. The number of thiazole rings is 2. The number of aromatic nitrogens is 3. The molecule has 9 aromatic carbocycles. The summed E-state index contributed by atoms with van der Waals surface area (Å²) in [6.07, 6.45) is 3.98. The predicted octanol–water partition coefficient (Wildman–Crippen LogP) is 17.6. The number of anilines is 12. The van der Waals surface area contributed by atoms with Gasteiger partial charge in [0.2, 0.25) is 0 Å². The molecule has 69 heavy (non-hydrogen) atoms. The normalized spacial score (nSPS) is 11.2. The molecule has 0 aliphatic rings. The lowest BCUT2D eigenvalue weighted by molar-refractivity contribution is 1.18. The first kappa shape index (κ1) is 41.7. The van der Waals surface area contributed by atoms with Gasteiger partial charge in [0.15, 0.2) is 10.3 Å². The fraction of sp³-hybridized carbons (Fsp3) is 0. The highest BCUT2D eigenvalue weighted by atomic mass is 32.1. The van der Waals surface area contributed by atoms with Crippen LogP contribution in [-0.2, 0) is 0 Å². The first-order chi connectivity index (χ1) is 34.2. The molecular formula is C60H43N7S2. The minimum atomic E-state index is 0.856. The van der Waals surface area contributed by atoms with Crippen molar-refractivity contribution in [3.8, 4) is 5.69 Å². The van der Waals surface area contributed by atoms with Crippen LogP contribution >= 0.6 is 22.7 Å². The summed E-state index contributed by atoms with van der Waals surface area (Å²) in [7, 11) is 0. The Balaban J connectivity index is 1.02. The topological polar surface area (TPSA) is 43.7 Å². The molecule has 0 saturated carbocycles. The molecule has 7 nitrogen and oxygen atoms in total. The van der Waals surface area contributed by atoms with E-state index in [4.69, 9.17) is 9.97 Å². The Morgan fingerprint density at radius 2 is 0.580 bits per heavy atom. The number of rotatable bonds is 13. The van der Waals surface area contributed by atoms with Crippen LogP contribution in [0, 0.1) is 0 Å². The van der Waals surface area contributed by atoms with Gasteiger partial charge in [0.25, 0.3) is 0 Å². The maximum atomic E-state index is 5.18. The number of fused-ring (bicyclic) bond motifs is 3. The third-order valence-corrected chi connectivity index (χ3v) is 14.1. The fourth-order valence-electron chi connectivity index (χ4n) is 9.07. The highest BCUT2D eigenvalue weighted by Gasteiger charge is 2.25. The minimum Gasteiger partial charge on any atom is -0.309 e. The molecule has 0 atom stereocenters. The van der Waals surface area contributed by atoms with E-state index >= 15 is 0 Å². The first-order valence-electron chi connectivity index (χ1n) is 22.8. The van der Waals surface area contributed by atoms with E-state index < -0.39 is 0 Å². The molecule has 0 fully saturated rings. The van der Waals surface area contributed by atoms with Gasteiger partial charge in [-0.2, -0.15) is 0 Å². The van der Waals surface area contributed by atoms with E-state index in [9.17, 15) is 0 Å². The maximum absolute atomic E-state index is 5.18. The van der Waals surface area contributed by atoms with E-state index in [1.54, 1.807) is 22.7 Å². The van der Waals surface area contributed by atoms with Crippen molar-refractivity contribution in [1.29, 1.82) is 0 Å². The smallest absolute Gasteiger partial charge is 0.196 e. The number of para-hydroxylation sites is 7. The van der Waals surface area contributed by atoms with Crippen LogP contribution in [-0.4, -0.2) is 14.5 Å². The van der Waals surface area contributed by atoms with Crippen LogP contribution in [0.3, 0.4) is 0 Å². The van der Waals surface area contributed by atoms with Crippen LogP contribution in [0.2, 0.25) is 0 Å². The van der Waals surface area contributed by atoms with E-state index in [0.29, 0.717) is 0 Å². The Bertz CT molecular complexity index is 3320. The van der Waals surface area contributed by atoms with E-state index in [0.717, 1.165) is 93.3 Å². The molecule has 3 aromatic heterocycles. The zero-order chi connectivity index (χ0) is 45.9. The highest BCUT2D eigenvalue weighted by molar-refractivity contribution is 7.20. The van der Waals surface area contributed by atoms with Crippen molar-refractivity contribution < 1.29 is 0 Å². The largest absolute Gasteiger partial charge is 0.309 e. The van der Waals surface area contributed by atoms with Crippen LogP contribution in [0.25, 0.3) is 27.5 Å².